The van der Waals surface area contributed by atoms with Gasteiger partial charge in [0.2, 0.25) is 0 Å². The van der Waals surface area contributed by atoms with Gasteiger partial charge in [-0.05, 0) is 55.8 Å². The molecule has 0 atom stereocenters. The van der Waals surface area contributed by atoms with Crippen molar-refractivity contribution in [2.45, 2.75) is 20.2 Å². The Morgan fingerprint density at radius 1 is 1.23 bits per heavy atom. The minimum Gasteiger partial charge on any atom is -0.406 e. The fraction of sp³-hybridized carbons (Fsp3) is 0.278. The van der Waals surface area contributed by atoms with Gasteiger partial charge in [-0.1, -0.05) is 11.6 Å². The maximum Gasteiger partial charge on any atom is 0.573 e. The predicted octanol–water partition coefficient (Wildman–Crippen LogP) is 5.90. The molecule has 0 heterocycles. The first kappa shape index (κ1) is 19.9. The fourth-order valence-corrected chi connectivity index (χ4v) is 2.25. The van der Waals surface area contributed by atoms with Crippen molar-refractivity contribution in [3.8, 4) is 5.75 Å². The Kier molecular flexibility index (Phi) is 6.37. The summed E-state index contributed by atoms with van der Waals surface area (Å²) < 4.78 is 40.4. The zero-order valence-corrected chi connectivity index (χ0v) is 15.3. The molecule has 0 saturated carbocycles. The number of aryl methyl sites for hydroxylation is 1. The Bertz CT molecular complexity index is 776. The largest absolute Gasteiger partial charge is 0.573 e. The molecule has 0 aliphatic carbocycles. The zero-order chi connectivity index (χ0) is 19.3. The number of hydrogen-bond acceptors (Lipinski definition) is 3. The molecule has 0 fully saturated rings. The van der Waals surface area contributed by atoms with Crippen LogP contribution in [-0.2, 0) is 0 Å². The van der Waals surface area contributed by atoms with Crippen LogP contribution < -0.4 is 10.1 Å². The maximum atomic E-state index is 12.2. The number of nitrogens with zero attached hydrogens (tertiary/aromatic N) is 2. The molecule has 140 valence electrons. The van der Waals surface area contributed by atoms with Crippen molar-refractivity contribution < 1.29 is 17.9 Å². The molecule has 0 aliphatic heterocycles. The molecule has 0 amide bonds. The first-order valence-corrected chi connectivity index (χ1v) is 8.23. The van der Waals surface area contributed by atoms with E-state index < -0.39 is 6.36 Å². The van der Waals surface area contributed by atoms with E-state index in [1.165, 1.54) is 24.3 Å². The molecule has 1 N–H and O–H groups in total. The van der Waals surface area contributed by atoms with Gasteiger partial charge in [-0.2, -0.15) is 0 Å². The third kappa shape index (κ3) is 5.84. The van der Waals surface area contributed by atoms with Crippen LogP contribution in [0.3, 0.4) is 0 Å². The lowest BCUT2D eigenvalue weighted by atomic mass is 10.1. The van der Waals surface area contributed by atoms with Crippen LogP contribution in [0.4, 0.5) is 30.2 Å². The Hall–Kier alpha value is -2.41. The number of ether oxygens (including phenoxy) is 1. The number of hydrogen-bond donors (Lipinski definition) is 1. The molecule has 0 saturated heterocycles. The Labute approximate surface area is 155 Å². The van der Waals surface area contributed by atoms with Gasteiger partial charge < -0.3 is 15.0 Å². The van der Waals surface area contributed by atoms with Gasteiger partial charge in [-0.25, -0.2) is 4.99 Å². The van der Waals surface area contributed by atoms with Crippen molar-refractivity contribution in [3.05, 3.63) is 47.0 Å². The fourth-order valence-electron chi connectivity index (χ4n) is 2.04. The number of benzene rings is 2. The molecule has 0 aliphatic rings. The van der Waals surface area contributed by atoms with Crippen molar-refractivity contribution in [2.24, 2.45) is 4.99 Å². The van der Waals surface area contributed by atoms with Crippen molar-refractivity contribution in [2.75, 3.05) is 18.9 Å². The lowest BCUT2D eigenvalue weighted by Gasteiger charge is -2.13. The molecule has 2 rings (SSSR count). The molecule has 4 nitrogen and oxygen atoms in total. The van der Waals surface area contributed by atoms with Crippen LogP contribution >= 0.6 is 11.6 Å². The highest BCUT2D eigenvalue weighted by Crippen LogP contribution is 2.33. The van der Waals surface area contributed by atoms with E-state index in [1.54, 1.807) is 12.4 Å². The van der Waals surface area contributed by atoms with Gasteiger partial charge in [0.25, 0.3) is 0 Å². The second-order valence-electron chi connectivity index (χ2n) is 5.63. The molecule has 0 unspecified atom stereocenters. The summed E-state index contributed by atoms with van der Waals surface area (Å²) in [7, 11) is 1.91. The zero-order valence-electron chi connectivity index (χ0n) is 14.6. The molecule has 8 heteroatoms. The summed E-state index contributed by atoms with van der Waals surface area (Å²) in [5, 5.41) is 3.59. The van der Waals surface area contributed by atoms with E-state index in [0.29, 0.717) is 16.4 Å². The summed E-state index contributed by atoms with van der Waals surface area (Å²) in [6.45, 7) is 4.73. The summed E-state index contributed by atoms with van der Waals surface area (Å²) in [4.78, 5) is 6.27. The lowest BCUT2D eigenvalue weighted by molar-refractivity contribution is -0.274. The summed E-state index contributed by atoms with van der Waals surface area (Å²) in [5.74, 6) is -0.275. The van der Waals surface area contributed by atoms with Crippen LogP contribution in [0.5, 0.6) is 5.75 Å². The molecule has 0 bridgehead atoms. The van der Waals surface area contributed by atoms with Gasteiger partial charge in [0.15, 0.2) is 0 Å². The van der Waals surface area contributed by atoms with Crippen molar-refractivity contribution in [1.29, 1.82) is 0 Å². The number of rotatable bonds is 6. The third-order valence-corrected chi connectivity index (χ3v) is 3.86. The van der Waals surface area contributed by atoms with Crippen molar-refractivity contribution in [1.82, 2.24) is 4.90 Å². The average molecular weight is 386 g/mol. The molecule has 0 radical (unpaired) electrons. The lowest BCUT2D eigenvalue weighted by Crippen LogP contribution is -2.16. The summed E-state index contributed by atoms with van der Waals surface area (Å²) in [6, 6.07) is 9.05. The number of aliphatic imine (C=N–C) groups is 1. The molecule has 0 aromatic heterocycles. The second-order valence-corrected chi connectivity index (χ2v) is 6.04. The van der Waals surface area contributed by atoms with Gasteiger partial charge >= 0.3 is 6.36 Å². The monoisotopic (exact) mass is 385 g/mol. The second kappa shape index (κ2) is 8.31. The Morgan fingerprint density at radius 2 is 1.88 bits per heavy atom. The highest BCUT2D eigenvalue weighted by Gasteiger charge is 2.30. The molecule has 2 aromatic rings. The topological polar surface area (TPSA) is 36.9 Å². The molecular formula is C18H19ClF3N3O. The van der Waals surface area contributed by atoms with E-state index in [-0.39, 0.29) is 5.75 Å². The van der Waals surface area contributed by atoms with Gasteiger partial charge in [0.1, 0.15) is 5.75 Å². The quantitative estimate of drug-likeness (QED) is 0.496. The minimum absolute atomic E-state index is 0.275. The molecule has 0 spiro atoms. The van der Waals surface area contributed by atoms with Crippen LogP contribution in [-0.4, -0.2) is 31.2 Å². The summed E-state index contributed by atoms with van der Waals surface area (Å²) in [6.07, 6.45) is -3.01. The standard InChI is InChI=1S/C18H19ClF3N3O/c1-4-25(3)11-23-17-9-12(2)16(10-15(17)19)24-13-5-7-14(8-6-13)26-18(20,21)22/h5-11,24H,4H2,1-3H3. The third-order valence-electron chi connectivity index (χ3n) is 3.55. The van der Waals surface area contributed by atoms with E-state index in [9.17, 15) is 13.2 Å². The van der Waals surface area contributed by atoms with Crippen LogP contribution in [0.25, 0.3) is 0 Å². The minimum atomic E-state index is -4.71. The number of nitrogens with one attached hydrogen (secondary N) is 1. The average Bonchev–Trinajstić information content (AvgIpc) is 2.56. The molecule has 2 aromatic carbocycles. The Balaban J connectivity index is 2.14. The molecule has 26 heavy (non-hydrogen) atoms. The van der Waals surface area contributed by atoms with Crippen LogP contribution in [0, 0.1) is 6.92 Å². The predicted molar refractivity (Wildman–Crippen MR) is 99.1 cm³/mol. The smallest absolute Gasteiger partial charge is 0.406 e. The normalized spacial score (nSPS) is 11.7. The maximum absolute atomic E-state index is 12.2. The first-order chi connectivity index (χ1) is 12.2. The van der Waals surface area contributed by atoms with Crippen molar-refractivity contribution in [3.63, 3.8) is 0 Å². The number of alkyl halides is 3. The number of anilines is 2. The molecular weight excluding hydrogens is 367 g/mol. The van der Waals surface area contributed by atoms with Crippen LogP contribution in [0.15, 0.2) is 41.4 Å². The number of halogens is 4. The highest BCUT2D eigenvalue weighted by atomic mass is 35.5. The Morgan fingerprint density at radius 3 is 2.46 bits per heavy atom. The van der Waals surface area contributed by atoms with E-state index in [2.05, 4.69) is 15.0 Å². The van der Waals surface area contributed by atoms with Gasteiger partial charge in [-0.15, -0.1) is 13.2 Å². The van der Waals surface area contributed by atoms with Crippen LogP contribution in [0.2, 0.25) is 5.02 Å². The summed E-state index contributed by atoms with van der Waals surface area (Å²) in [5.41, 5.74) is 2.89. The first-order valence-electron chi connectivity index (χ1n) is 7.85. The van der Waals surface area contributed by atoms with Crippen LogP contribution in [0.1, 0.15) is 12.5 Å². The SMILES string of the molecule is CCN(C)C=Nc1cc(C)c(Nc2ccc(OC(F)(F)F)cc2)cc1Cl. The van der Waals surface area contributed by atoms with E-state index in [1.807, 2.05) is 31.9 Å². The summed E-state index contributed by atoms with van der Waals surface area (Å²) >= 11 is 6.27. The van der Waals surface area contributed by atoms with Gasteiger partial charge in [0.05, 0.1) is 17.0 Å². The van der Waals surface area contributed by atoms with Gasteiger partial charge in [-0.3, -0.25) is 0 Å². The van der Waals surface area contributed by atoms with E-state index in [4.69, 9.17) is 11.6 Å². The van der Waals surface area contributed by atoms with Gasteiger partial charge in [0, 0.05) is 25.0 Å². The van der Waals surface area contributed by atoms with E-state index >= 15 is 0 Å². The highest BCUT2D eigenvalue weighted by molar-refractivity contribution is 6.33. The van der Waals surface area contributed by atoms with Crippen molar-refractivity contribution >= 4 is 35.0 Å². The van der Waals surface area contributed by atoms with E-state index in [0.717, 1.165) is 17.8 Å².